The molecule has 6 nitrogen and oxygen atoms in total. The highest BCUT2D eigenvalue weighted by molar-refractivity contribution is 8.00. The summed E-state index contributed by atoms with van der Waals surface area (Å²) in [5.74, 6) is -0.416. The Balaban J connectivity index is 2.42. The Morgan fingerprint density at radius 2 is 2.17 bits per heavy atom. The summed E-state index contributed by atoms with van der Waals surface area (Å²) in [6.07, 6.45) is 0. The SMILES string of the molecule is CCOC(=O)c1sc(-c2ccc(SC(C)C)c([N+](=O)[O-])c2)nc1C. The number of aryl methyl sites for hydroxylation is 1. The lowest BCUT2D eigenvalue weighted by Gasteiger charge is -2.06. The van der Waals surface area contributed by atoms with E-state index >= 15 is 0 Å². The van der Waals surface area contributed by atoms with E-state index in [4.69, 9.17) is 4.74 Å². The molecule has 0 fully saturated rings. The van der Waals surface area contributed by atoms with Crippen molar-refractivity contribution >= 4 is 34.8 Å². The highest BCUT2D eigenvalue weighted by atomic mass is 32.2. The highest BCUT2D eigenvalue weighted by Gasteiger charge is 2.21. The number of thiazole rings is 1. The Hall–Kier alpha value is -1.93. The van der Waals surface area contributed by atoms with Gasteiger partial charge in [0.2, 0.25) is 0 Å². The zero-order valence-electron chi connectivity index (χ0n) is 13.9. The van der Waals surface area contributed by atoms with E-state index in [1.165, 1.54) is 29.2 Å². The summed E-state index contributed by atoms with van der Waals surface area (Å²) in [7, 11) is 0. The lowest BCUT2D eigenvalue weighted by Crippen LogP contribution is -2.03. The number of nitro benzene ring substituents is 1. The van der Waals surface area contributed by atoms with Crippen LogP contribution in [0.1, 0.15) is 36.1 Å². The second kappa shape index (κ2) is 7.76. The third-order valence-electron chi connectivity index (χ3n) is 3.02. The predicted molar refractivity (Wildman–Crippen MR) is 95.9 cm³/mol. The number of benzene rings is 1. The van der Waals surface area contributed by atoms with Crippen LogP contribution >= 0.6 is 23.1 Å². The van der Waals surface area contributed by atoms with Gasteiger partial charge in [-0.2, -0.15) is 0 Å². The summed E-state index contributed by atoms with van der Waals surface area (Å²) in [6.45, 7) is 7.72. The van der Waals surface area contributed by atoms with Crippen molar-refractivity contribution in [1.82, 2.24) is 4.98 Å². The van der Waals surface area contributed by atoms with Gasteiger partial charge in [-0.1, -0.05) is 19.9 Å². The minimum absolute atomic E-state index is 0.0525. The van der Waals surface area contributed by atoms with Crippen molar-refractivity contribution in [3.8, 4) is 10.6 Å². The molecule has 0 amide bonds. The molecule has 1 heterocycles. The average Bonchev–Trinajstić information content (AvgIpc) is 2.89. The van der Waals surface area contributed by atoms with E-state index in [1.807, 2.05) is 13.8 Å². The number of nitrogens with zero attached hydrogens (tertiary/aromatic N) is 2. The van der Waals surface area contributed by atoms with Crippen LogP contribution in [0, 0.1) is 17.0 Å². The highest BCUT2D eigenvalue weighted by Crippen LogP contribution is 2.37. The monoisotopic (exact) mass is 366 g/mol. The summed E-state index contributed by atoms with van der Waals surface area (Å²) < 4.78 is 5.00. The van der Waals surface area contributed by atoms with Crippen molar-refractivity contribution in [3.05, 3.63) is 38.9 Å². The van der Waals surface area contributed by atoms with Gasteiger partial charge in [-0.25, -0.2) is 9.78 Å². The molecule has 0 atom stereocenters. The molecule has 0 saturated heterocycles. The molecule has 8 heteroatoms. The smallest absolute Gasteiger partial charge is 0.350 e. The Morgan fingerprint density at radius 1 is 1.46 bits per heavy atom. The number of thioether (sulfide) groups is 1. The van der Waals surface area contributed by atoms with Crippen LogP contribution in [-0.4, -0.2) is 27.7 Å². The molecule has 0 radical (unpaired) electrons. The number of carbonyl (C=O) groups excluding carboxylic acids is 1. The third kappa shape index (κ3) is 4.12. The van der Waals surface area contributed by atoms with Gasteiger partial charge < -0.3 is 4.74 Å². The number of carbonyl (C=O) groups is 1. The minimum atomic E-state index is -0.416. The van der Waals surface area contributed by atoms with Crippen LogP contribution in [0.15, 0.2) is 23.1 Å². The zero-order chi connectivity index (χ0) is 17.9. The molecule has 1 aromatic heterocycles. The van der Waals surface area contributed by atoms with E-state index in [0.717, 1.165) is 0 Å². The molecule has 0 N–H and O–H groups in total. The molecule has 0 saturated carbocycles. The lowest BCUT2D eigenvalue weighted by molar-refractivity contribution is -0.387. The third-order valence-corrected chi connectivity index (χ3v) is 5.28. The van der Waals surface area contributed by atoms with Crippen LogP contribution < -0.4 is 0 Å². The fraction of sp³-hybridized carbons (Fsp3) is 0.375. The quantitative estimate of drug-likeness (QED) is 0.319. The second-order valence-corrected chi connectivity index (χ2v) is 7.88. The first-order valence-corrected chi connectivity index (χ1v) is 9.13. The Morgan fingerprint density at radius 3 is 2.75 bits per heavy atom. The predicted octanol–water partition coefficient (Wildman–Crippen LogP) is 4.70. The van der Waals surface area contributed by atoms with Crippen molar-refractivity contribution in [3.63, 3.8) is 0 Å². The number of aromatic nitrogens is 1. The summed E-state index contributed by atoms with van der Waals surface area (Å²) in [6, 6.07) is 5.04. The maximum Gasteiger partial charge on any atom is 0.350 e. The molecular formula is C16H18N2O4S2. The molecule has 0 aliphatic carbocycles. The van der Waals surface area contributed by atoms with E-state index in [1.54, 1.807) is 26.0 Å². The molecule has 0 bridgehead atoms. The Bertz CT molecular complexity index is 771. The molecule has 2 aromatic rings. The van der Waals surface area contributed by atoms with Crippen LogP contribution in [-0.2, 0) is 4.74 Å². The van der Waals surface area contributed by atoms with Crippen molar-refractivity contribution in [2.24, 2.45) is 0 Å². The first kappa shape index (κ1) is 18.4. The molecule has 0 aliphatic heterocycles. The largest absolute Gasteiger partial charge is 0.462 e. The van der Waals surface area contributed by atoms with Crippen molar-refractivity contribution in [2.45, 2.75) is 37.8 Å². The van der Waals surface area contributed by atoms with E-state index in [-0.39, 0.29) is 22.5 Å². The van der Waals surface area contributed by atoms with E-state index in [9.17, 15) is 14.9 Å². The molecule has 1 aromatic carbocycles. The minimum Gasteiger partial charge on any atom is -0.462 e. The second-order valence-electron chi connectivity index (χ2n) is 5.26. The molecule has 24 heavy (non-hydrogen) atoms. The number of hydrogen-bond donors (Lipinski definition) is 0. The van der Waals surface area contributed by atoms with Crippen molar-refractivity contribution < 1.29 is 14.5 Å². The normalized spacial score (nSPS) is 10.9. The van der Waals surface area contributed by atoms with Crippen molar-refractivity contribution in [2.75, 3.05) is 6.61 Å². The van der Waals surface area contributed by atoms with Gasteiger partial charge in [-0.05, 0) is 19.9 Å². The van der Waals surface area contributed by atoms with E-state index in [0.29, 0.717) is 26.0 Å². The van der Waals surface area contributed by atoms with Gasteiger partial charge in [-0.15, -0.1) is 23.1 Å². The number of nitro groups is 1. The van der Waals surface area contributed by atoms with Gasteiger partial charge in [-0.3, -0.25) is 10.1 Å². The number of esters is 1. The van der Waals surface area contributed by atoms with Crippen LogP contribution in [0.5, 0.6) is 0 Å². The van der Waals surface area contributed by atoms with E-state index < -0.39 is 5.97 Å². The van der Waals surface area contributed by atoms with E-state index in [2.05, 4.69) is 4.98 Å². The first-order valence-electron chi connectivity index (χ1n) is 7.43. The van der Waals surface area contributed by atoms with Crippen LogP contribution in [0.2, 0.25) is 0 Å². The molecule has 0 aliphatic rings. The number of hydrogen-bond acceptors (Lipinski definition) is 7. The molecule has 0 unspecified atom stereocenters. The average molecular weight is 366 g/mol. The summed E-state index contributed by atoms with van der Waals surface area (Å²) in [5, 5.41) is 12.2. The maximum absolute atomic E-state index is 11.9. The standard InChI is InChI=1S/C16H18N2O4S2/c1-5-22-16(19)14-10(4)17-15(24-14)11-6-7-13(23-9(2)3)12(8-11)18(20)21/h6-9H,5H2,1-4H3. The Labute approximate surface area is 148 Å². The Kier molecular flexibility index (Phi) is 5.95. The fourth-order valence-corrected chi connectivity index (χ4v) is 3.92. The van der Waals surface area contributed by atoms with Gasteiger partial charge in [0, 0.05) is 16.9 Å². The molecule has 2 rings (SSSR count). The number of rotatable bonds is 6. The van der Waals surface area contributed by atoms with Gasteiger partial charge in [0.1, 0.15) is 9.88 Å². The summed E-state index contributed by atoms with van der Waals surface area (Å²) in [4.78, 5) is 28.3. The van der Waals surface area contributed by atoms with Gasteiger partial charge in [0.15, 0.2) is 0 Å². The van der Waals surface area contributed by atoms with Crippen molar-refractivity contribution in [1.29, 1.82) is 0 Å². The number of ether oxygens (including phenoxy) is 1. The zero-order valence-corrected chi connectivity index (χ0v) is 15.5. The van der Waals surface area contributed by atoms with Gasteiger partial charge in [0.25, 0.3) is 5.69 Å². The van der Waals surface area contributed by atoms with Crippen LogP contribution in [0.25, 0.3) is 10.6 Å². The fourth-order valence-electron chi connectivity index (χ4n) is 2.05. The molecule has 128 valence electrons. The van der Waals surface area contributed by atoms with Gasteiger partial charge >= 0.3 is 5.97 Å². The maximum atomic E-state index is 11.9. The van der Waals surface area contributed by atoms with Gasteiger partial charge in [0.05, 0.1) is 22.1 Å². The first-order chi connectivity index (χ1) is 11.3. The molecule has 0 spiro atoms. The topological polar surface area (TPSA) is 82.3 Å². The van der Waals surface area contributed by atoms with Crippen LogP contribution in [0.3, 0.4) is 0 Å². The lowest BCUT2D eigenvalue weighted by atomic mass is 10.2. The summed E-state index contributed by atoms with van der Waals surface area (Å²) >= 11 is 2.63. The summed E-state index contributed by atoms with van der Waals surface area (Å²) in [5.41, 5.74) is 1.24. The van der Waals surface area contributed by atoms with Crippen LogP contribution in [0.4, 0.5) is 5.69 Å². The molecular weight excluding hydrogens is 348 g/mol.